The number of carbonyl (C=O) groups is 1. The van der Waals surface area contributed by atoms with Gasteiger partial charge in [-0.05, 0) is 54.8 Å². The lowest BCUT2D eigenvalue weighted by Gasteiger charge is -2.04. The Morgan fingerprint density at radius 2 is 2.15 bits per heavy atom. The van der Waals surface area contributed by atoms with E-state index in [2.05, 4.69) is 45.3 Å². The summed E-state index contributed by atoms with van der Waals surface area (Å²) in [6.07, 6.45) is 6.65. The van der Waals surface area contributed by atoms with Gasteiger partial charge >= 0.3 is 0 Å². The van der Waals surface area contributed by atoms with Gasteiger partial charge in [0.1, 0.15) is 5.75 Å². The van der Waals surface area contributed by atoms with E-state index in [1.807, 2.05) is 24.3 Å². The molecule has 0 atom stereocenters. The van der Waals surface area contributed by atoms with E-state index >= 15 is 0 Å². The van der Waals surface area contributed by atoms with Crippen LogP contribution in [0.25, 0.3) is 16.3 Å². The smallest absolute Gasteiger partial charge is 0.250 e. The molecule has 4 nitrogen and oxygen atoms in total. The fourth-order valence-corrected chi connectivity index (χ4v) is 4.02. The third-order valence-corrected chi connectivity index (χ3v) is 5.53. The number of nitrogens with one attached hydrogen (secondary N) is 1. The quantitative estimate of drug-likeness (QED) is 0.450. The predicted octanol–water partition coefficient (Wildman–Crippen LogP) is 6.06. The van der Waals surface area contributed by atoms with Crippen molar-refractivity contribution in [2.24, 2.45) is 0 Å². The molecule has 3 aromatic rings. The number of aromatic nitrogens is 1. The number of fused-ring (bicyclic) bond motifs is 1. The van der Waals surface area contributed by atoms with Crippen LogP contribution < -0.4 is 10.1 Å². The molecule has 0 spiro atoms. The number of rotatable bonds is 7. The number of hydrogen-bond acceptors (Lipinski definition) is 4. The molecular weight excluding hydrogens is 424 g/mol. The van der Waals surface area contributed by atoms with Crippen molar-refractivity contribution in [3.8, 4) is 5.75 Å². The van der Waals surface area contributed by atoms with Gasteiger partial charge in [0, 0.05) is 16.1 Å². The first-order valence-corrected chi connectivity index (χ1v) is 10.4. The molecule has 0 saturated heterocycles. The van der Waals surface area contributed by atoms with Crippen molar-refractivity contribution in [2.75, 3.05) is 12.4 Å². The summed E-state index contributed by atoms with van der Waals surface area (Å²) in [6.45, 7) is 2.19. The van der Waals surface area contributed by atoms with E-state index in [0.29, 0.717) is 10.9 Å². The second-order valence-corrected chi connectivity index (χ2v) is 8.08. The maximum absolute atomic E-state index is 12.3. The Balaban J connectivity index is 1.71. The van der Waals surface area contributed by atoms with Gasteiger partial charge in [0.15, 0.2) is 5.13 Å². The molecule has 6 heteroatoms. The number of nitrogens with zero attached hydrogens (tertiary/aromatic N) is 1. The zero-order chi connectivity index (χ0) is 19.2. The number of anilines is 1. The summed E-state index contributed by atoms with van der Waals surface area (Å²) in [6, 6.07) is 12.0. The predicted molar refractivity (Wildman–Crippen MR) is 117 cm³/mol. The van der Waals surface area contributed by atoms with Gasteiger partial charge in [0.2, 0.25) is 5.91 Å². The summed E-state index contributed by atoms with van der Waals surface area (Å²) in [5.74, 6) is 0.490. The highest BCUT2D eigenvalue weighted by Crippen LogP contribution is 2.28. The van der Waals surface area contributed by atoms with Crippen LogP contribution in [0.4, 0.5) is 5.13 Å². The summed E-state index contributed by atoms with van der Waals surface area (Å²) in [5, 5.41) is 3.45. The molecule has 0 unspecified atom stereocenters. The van der Waals surface area contributed by atoms with E-state index in [9.17, 15) is 4.79 Å². The zero-order valence-electron chi connectivity index (χ0n) is 15.3. The van der Waals surface area contributed by atoms with Crippen molar-refractivity contribution in [3.63, 3.8) is 0 Å². The molecule has 1 N–H and O–H groups in total. The number of carbonyl (C=O) groups excluding carboxylic acids is 1. The van der Waals surface area contributed by atoms with Crippen LogP contribution in [0.1, 0.15) is 30.9 Å². The van der Waals surface area contributed by atoms with Gasteiger partial charge < -0.3 is 4.74 Å². The van der Waals surface area contributed by atoms with Crippen molar-refractivity contribution in [3.05, 3.63) is 58.1 Å². The van der Waals surface area contributed by atoms with Crippen molar-refractivity contribution in [2.45, 2.75) is 26.2 Å². The standard InChI is InChI=1S/C21H21BrN2O2S/c1-3-4-5-14-6-9-17-19(12-14)27-21(23-17)24-20(25)11-7-15-13-16(22)8-10-18(15)26-2/h6-13H,3-5H2,1-2H3,(H,23,24,25)/b11-7+. The molecule has 1 aromatic heterocycles. The molecule has 0 aliphatic rings. The molecule has 0 aliphatic heterocycles. The molecule has 2 aromatic carbocycles. The summed E-state index contributed by atoms with van der Waals surface area (Å²) < 4.78 is 7.33. The molecule has 0 fully saturated rings. The molecule has 27 heavy (non-hydrogen) atoms. The Morgan fingerprint density at radius 1 is 1.30 bits per heavy atom. The highest BCUT2D eigenvalue weighted by Gasteiger charge is 2.07. The first kappa shape index (κ1) is 19.6. The van der Waals surface area contributed by atoms with E-state index in [1.165, 1.54) is 35.8 Å². The largest absolute Gasteiger partial charge is 0.496 e. The van der Waals surface area contributed by atoms with E-state index < -0.39 is 0 Å². The summed E-state index contributed by atoms with van der Waals surface area (Å²) in [4.78, 5) is 16.8. The van der Waals surface area contributed by atoms with Crippen LogP contribution in [-0.2, 0) is 11.2 Å². The number of hydrogen-bond donors (Lipinski definition) is 1. The summed E-state index contributed by atoms with van der Waals surface area (Å²) in [7, 11) is 1.61. The number of ether oxygens (including phenoxy) is 1. The van der Waals surface area contributed by atoms with Gasteiger partial charge in [0.05, 0.1) is 17.3 Å². The van der Waals surface area contributed by atoms with E-state index in [1.54, 1.807) is 13.2 Å². The average molecular weight is 445 g/mol. The van der Waals surface area contributed by atoms with Crippen LogP contribution in [0.15, 0.2) is 46.9 Å². The van der Waals surface area contributed by atoms with Gasteiger partial charge in [-0.3, -0.25) is 10.1 Å². The highest BCUT2D eigenvalue weighted by molar-refractivity contribution is 9.10. The molecule has 1 amide bonds. The molecule has 0 bridgehead atoms. The lowest BCUT2D eigenvalue weighted by molar-refractivity contribution is -0.111. The minimum Gasteiger partial charge on any atom is -0.496 e. The van der Waals surface area contributed by atoms with E-state index in [4.69, 9.17) is 4.74 Å². The monoisotopic (exact) mass is 444 g/mol. The lowest BCUT2D eigenvalue weighted by Crippen LogP contribution is -2.07. The van der Waals surface area contributed by atoms with Crippen LogP contribution in [0.3, 0.4) is 0 Å². The zero-order valence-corrected chi connectivity index (χ0v) is 17.7. The summed E-state index contributed by atoms with van der Waals surface area (Å²) >= 11 is 4.92. The van der Waals surface area contributed by atoms with Crippen LogP contribution in [0.5, 0.6) is 5.75 Å². The normalized spacial score (nSPS) is 11.2. The second kappa shape index (κ2) is 9.15. The van der Waals surface area contributed by atoms with Gasteiger partial charge in [-0.25, -0.2) is 4.98 Å². The van der Waals surface area contributed by atoms with Gasteiger partial charge in [-0.2, -0.15) is 0 Å². The molecule has 0 radical (unpaired) electrons. The van der Waals surface area contributed by atoms with Crippen LogP contribution in [0, 0.1) is 0 Å². The minimum absolute atomic E-state index is 0.220. The number of benzene rings is 2. The molecule has 1 heterocycles. The Morgan fingerprint density at radius 3 is 2.93 bits per heavy atom. The Kier molecular flexibility index (Phi) is 6.63. The molecule has 0 saturated carbocycles. The number of methoxy groups -OCH3 is 1. The third-order valence-electron chi connectivity index (χ3n) is 4.11. The lowest BCUT2D eigenvalue weighted by atomic mass is 10.1. The molecular formula is C21H21BrN2O2S. The SMILES string of the molecule is CCCCc1ccc2nc(NC(=O)/C=C/c3cc(Br)ccc3OC)sc2c1. The van der Waals surface area contributed by atoms with Crippen molar-refractivity contribution in [1.82, 2.24) is 4.98 Å². The van der Waals surface area contributed by atoms with Gasteiger partial charge in [-0.1, -0.05) is 46.7 Å². The first-order chi connectivity index (χ1) is 13.1. The topological polar surface area (TPSA) is 51.2 Å². The van der Waals surface area contributed by atoms with Crippen molar-refractivity contribution < 1.29 is 9.53 Å². The van der Waals surface area contributed by atoms with Crippen LogP contribution in [0.2, 0.25) is 0 Å². The number of thiazole rings is 1. The van der Waals surface area contributed by atoms with Crippen molar-refractivity contribution in [1.29, 1.82) is 0 Å². The second-order valence-electron chi connectivity index (χ2n) is 6.13. The third kappa shape index (κ3) is 5.17. The number of halogens is 1. The Hall–Kier alpha value is -2.18. The fraction of sp³-hybridized carbons (Fsp3) is 0.238. The van der Waals surface area contributed by atoms with Crippen LogP contribution >= 0.6 is 27.3 Å². The Bertz CT molecular complexity index is 981. The highest BCUT2D eigenvalue weighted by atomic mass is 79.9. The Labute approximate surface area is 171 Å². The fourth-order valence-electron chi connectivity index (χ4n) is 2.71. The molecule has 140 valence electrons. The van der Waals surface area contributed by atoms with Crippen molar-refractivity contribution >= 4 is 54.6 Å². The number of aryl methyl sites for hydroxylation is 1. The number of amides is 1. The number of unbranched alkanes of at least 4 members (excludes halogenated alkanes) is 1. The summed E-state index contributed by atoms with van der Waals surface area (Å²) in [5.41, 5.74) is 3.05. The first-order valence-electron chi connectivity index (χ1n) is 8.81. The maximum Gasteiger partial charge on any atom is 0.250 e. The van der Waals surface area contributed by atoms with Gasteiger partial charge in [-0.15, -0.1) is 0 Å². The maximum atomic E-state index is 12.3. The average Bonchev–Trinajstić information content (AvgIpc) is 3.06. The minimum atomic E-state index is -0.220. The van der Waals surface area contributed by atoms with E-state index in [0.717, 1.165) is 26.7 Å². The molecule has 0 aliphatic carbocycles. The van der Waals surface area contributed by atoms with Crippen LogP contribution in [-0.4, -0.2) is 18.0 Å². The molecule has 3 rings (SSSR count). The van der Waals surface area contributed by atoms with Gasteiger partial charge in [0.25, 0.3) is 0 Å². The van der Waals surface area contributed by atoms with E-state index in [-0.39, 0.29) is 5.91 Å².